The molecule has 0 amide bonds. The van der Waals surface area contributed by atoms with Crippen molar-refractivity contribution in [2.75, 3.05) is 24.5 Å². The van der Waals surface area contributed by atoms with E-state index < -0.39 is 0 Å². The first-order valence-corrected chi connectivity index (χ1v) is 7.71. The van der Waals surface area contributed by atoms with Crippen LogP contribution in [0.4, 0.5) is 11.4 Å². The van der Waals surface area contributed by atoms with E-state index in [1.165, 1.54) is 12.8 Å². The van der Waals surface area contributed by atoms with Crippen molar-refractivity contribution in [3.8, 4) is 0 Å². The van der Waals surface area contributed by atoms with Gasteiger partial charge >= 0.3 is 0 Å². The SMILES string of the molecule is Cc1cc(N(CC2CCNCC2)C(C)C)cc([N+](=O)[O-])c1. The average molecular weight is 291 g/mol. The zero-order valence-electron chi connectivity index (χ0n) is 13.1. The van der Waals surface area contributed by atoms with Gasteiger partial charge in [0.25, 0.3) is 5.69 Å². The van der Waals surface area contributed by atoms with Crippen molar-refractivity contribution < 1.29 is 4.92 Å². The second kappa shape index (κ2) is 6.89. The maximum Gasteiger partial charge on any atom is 0.271 e. The molecule has 116 valence electrons. The normalized spacial score (nSPS) is 16.2. The highest BCUT2D eigenvalue weighted by Gasteiger charge is 2.21. The molecule has 0 atom stereocenters. The van der Waals surface area contributed by atoms with Crippen molar-refractivity contribution in [2.45, 2.75) is 39.7 Å². The molecule has 1 aromatic rings. The molecule has 0 radical (unpaired) electrons. The Hall–Kier alpha value is -1.62. The molecule has 1 N–H and O–H groups in total. The first-order valence-electron chi connectivity index (χ1n) is 7.71. The van der Waals surface area contributed by atoms with Gasteiger partial charge in [0.05, 0.1) is 4.92 Å². The van der Waals surface area contributed by atoms with Gasteiger partial charge in [-0.3, -0.25) is 10.1 Å². The summed E-state index contributed by atoms with van der Waals surface area (Å²) in [7, 11) is 0. The highest BCUT2D eigenvalue weighted by Crippen LogP contribution is 2.27. The molecule has 1 fully saturated rings. The molecule has 0 spiro atoms. The number of hydrogen-bond acceptors (Lipinski definition) is 4. The van der Waals surface area contributed by atoms with Crippen LogP contribution in [0.25, 0.3) is 0 Å². The second-order valence-corrected chi connectivity index (χ2v) is 6.22. The number of piperidine rings is 1. The van der Waals surface area contributed by atoms with Gasteiger partial charge in [-0.25, -0.2) is 0 Å². The Bertz CT molecular complexity index is 496. The van der Waals surface area contributed by atoms with Crippen molar-refractivity contribution in [3.05, 3.63) is 33.9 Å². The molecule has 5 nitrogen and oxygen atoms in total. The fourth-order valence-electron chi connectivity index (χ4n) is 2.97. The van der Waals surface area contributed by atoms with Crippen LogP contribution in [-0.2, 0) is 0 Å². The van der Waals surface area contributed by atoms with Gasteiger partial charge in [-0.1, -0.05) is 0 Å². The fraction of sp³-hybridized carbons (Fsp3) is 0.625. The Morgan fingerprint density at radius 1 is 1.33 bits per heavy atom. The van der Waals surface area contributed by atoms with Crippen LogP contribution in [0, 0.1) is 23.0 Å². The van der Waals surface area contributed by atoms with Gasteiger partial charge in [-0.2, -0.15) is 0 Å². The van der Waals surface area contributed by atoms with E-state index in [1.54, 1.807) is 12.1 Å². The molecule has 21 heavy (non-hydrogen) atoms. The Morgan fingerprint density at radius 3 is 2.57 bits per heavy atom. The van der Waals surface area contributed by atoms with Crippen molar-refractivity contribution in [2.24, 2.45) is 5.92 Å². The van der Waals surface area contributed by atoms with E-state index in [-0.39, 0.29) is 10.6 Å². The summed E-state index contributed by atoms with van der Waals surface area (Å²) in [6.45, 7) is 9.33. The predicted octanol–water partition coefficient (Wildman–Crippen LogP) is 3.12. The third-order valence-corrected chi connectivity index (χ3v) is 4.13. The lowest BCUT2D eigenvalue weighted by Crippen LogP contribution is -2.39. The van der Waals surface area contributed by atoms with Gasteiger partial charge in [0.15, 0.2) is 0 Å². The second-order valence-electron chi connectivity index (χ2n) is 6.22. The minimum Gasteiger partial charge on any atom is -0.369 e. The van der Waals surface area contributed by atoms with Crippen LogP contribution in [0.15, 0.2) is 18.2 Å². The first-order chi connectivity index (χ1) is 9.97. The highest BCUT2D eigenvalue weighted by atomic mass is 16.6. The van der Waals surface area contributed by atoms with Crippen LogP contribution >= 0.6 is 0 Å². The Labute approximate surface area is 126 Å². The molecular weight excluding hydrogens is 266 g/mol. The topological polar surface area (TPSA) is 58.4 Å². The fourth-order valence-corrected chi connectivity index (χ4v) is 2.97. The van der Waals surface area contributed by atoms with E-state index >= 15 is 0 Å². The number of nitrogens with zero attached hydrogens (tertiary/aromatic N) is 2. The number of nitro groups is 1. The number of hydrogen-bond donors (Lipinski definition) is 1. The number of aryl methyl sites for hydroxylation is 1. The first kappa shape index (κ1) is 15.8. The van der Waals surface area contributed by atoms with E-state index in [2.05, 4.69) is 24.1 Å². The van der Waals surface area contributed by atoms with Gasteiger partial charge in [-0.15, -0.1) is 0 Å². The summed E-state index contributed by atoms with van der Waals surface area (Å²) in [5.74, 6) is 0.660. The summed E-state index contributed by atoms with van der Waals surface area (Å²) in [6, 6.07) is 5.72. The molecule has 1 saturated heterocycles. The smallest absolute Gasteiger partial charge is 0.271 e. The van der Waals surface area contributed by atoms with Crippen molar-refractivity contribution >= 4 is 11.4 Å². The number of non-ortho nitro benzene ring substituents is 1. The summed E-state index contributed by atoms with van der Waals surface area (Å²) in [6.07, 6.45) is 2.36. The molecule has 0 unspecified atom stereocenters. The van der Waals surface area contributed by atoms with Crippen LogP contribution < -0.4 is 10.2 Å². The standard InChI is InChI=1S/C16H25N3O2/c1-12(2)18(11-14-4-6-17-7-5-14)15-8-13(3)9-16(10-15)19(20)21/h8-10,12,14,17H,4-7,11H2,1-3H3. The van der Waals surface area contributed by atoms with E-state index in [9.17, 15) is 10.1 Å². The number of rotatable bonds is 5. The largest absolute Gasteiger partial charge is 0.369 e. The highest BCUT2D eigenvalue weighted by molar-refractivity contribution is 5.56. The maximum absolute atomic E-state index is 11.1. The quantitative estimate of drug-likeness (QED) is 0.669. The molecule has 0 bridgehead atoms. The minimum atomic E-state index is -0.306. The molecule has 1 heterocycles. The van der Waals surface area contributed by atoms with Crippen molar-refractivity contribution in [1.82, 2.24) is 5.32 Å². The zero-order chi connectivity index (χ0) is 15.4. The Kier molecular flexibility index (Phi) is 5.17. The third-order valence-electron chi connectivity index (χ3n) is 4.13. The molecule has 1 aromatic carbocycles. The van der Waals surface area contributed by atoms with Crippen LogP contribution in [0.1, 0.15) is 32.3 Å². The van der Waals surface area contributed by atoms with Gasteiger partial charge in [-0.05, 0) is 64.3 Å². The molecule has 5 heteroatoms. The summed E-state index contributed by atoms with van der Waals surface area (Å²) in [5, 5.41) is 14.4. The molecule has 1 aliphatic heterocycles. The summed E-state index contributed by atoms with van der Waals surface area (Å²) in [5.41, 5.74) is 2.09. The maximum atomic E-state index is 11.1. The lowest BCUT2D eigenvalue weighted by Gasteiger charge is -2.34. The summed E-state index contributed by atoms with van der Waals surface area (Å²) in [4.78, 5) is 13.1. The monoisotopic (exact) mass is 291 g/mol. The van der Waals surface area contributed by atoms with Crippen LogP contribution in [0.3, 0.4) is 0 Å². The predicted molar refractivity (Wildman–Crippen MR) is 85.9 cm³/mol. The van der Waals surface area contributed by atoms with Crippen LogP contribution in [-0.4, -0.2) is 30.6 Å². The molecular formula is C16H25N3O2. The van der Waals surface area contributed by atoms with Crippen molar-refractivity contribution in [1.29, 1.82) is 0 Å². The Morgan fingerprint density at radius 2 is 2.00 bits per heavy atom. The summed E-state index contributed by atoms with van der Waals surface area (Å²) >= 11 is 0. The van der Waals surface area contributed by atoms with Crippen LogP contribution in [0.5, 0.6) is 0 Å². The zero-order valence-corrected chi connectivity index (χ0v) is 13.1. The number of nitrogens with one attached hydrogen (secondary N) is 1. The van der Waals surface area contributed by atoms with E-state index in [0.717, 1.165) is 30.9 Å². The van der Waals surface area contributed by atoms with Gasteiger partial charge < -0.3 is 10.2 Å². The molecule has 0 saturated carbocycles. The average Bonchev–Trinajstić information content (AvgIpc) is 2.44. The van der Waals surface area contributed by atoms with Crippen LogP contribution in [0.2, 0.25) is 0 Å². The Balaban J connectivity index is 2.22. The number of anilines is 1. The van der Waals surface area contributed by atoms with Crippen molar-refractivity contribution in [3.63, 3.8) is 0 Å². The molecule has 0 aliphatic carbocycles. The van der Waals surface area contributed by atoms with Gasteiger partial charge in [0, 0.05) is 30.4 Å². The van der Waals surface area contributed by atoms with E-state index in [1.807, 2.05) is 13.0 Å². The van der Waals surface area contributed by atoms with E-state index in [0.29, 0.717) is 12.0 Å². The molecule has 2 rings (SSSR count). The van der Waals surface area contributed by atoms with Gasteiger partial charge in [0.2, 0.25) is 0 Å². The number of benzene rings is 1. The third kappa shape index (κ3) is 4.17. The van der Waals surface area contributed by atoms with Gasteiger partial charge in [0.1, 0.15) is 0 Å². The lowest BCUT2D eigenvalue weighted by atomic mass is 9.96. The molecule has 1 aliphatic rings. The van der Waals surface area contributed by atoms with E-state index in [4.69, 9.17) is 0 Å². The number of nitro benzene ring substituents is 1. The summed E-state index contributed by atoms with van der Waals surface area (Å²) < 4.78 is 0. The molecule has 0 aromatic heterocycles. The minimum absolute atomic E-state index is 0.181. The lowest BCUT2D eigenvalue weighted by molar-refractivity contribution is -0.384.